The summed E-state index contributed by atoms with van der Waals surface area (Å²) < 4.78 is 1.50. The van der Waals surface area contributed by atoms with Gasteiger partial charge in [0.1, 0.15) is 0 Å². The van der Waals surface area contributed by atoms with Gasteiger partial charge in [0.25, 0.3) is 0 Å². The Balaban J connectivity index is 1.87. The van der Waals surface area contributed by atoms with Gasteiger partial charge in [-0.1, -0.05) is 168 Å². The molecule has 0 bridgehead atoms. The molecule has 37 heavy (non-hydrogen) atoms. The van der Waals surface area contributed by atoms with Gasteiger partial charge in [-0.2, -0.15) is 0 Å². The fourth-order valence-corrected chi connectivity index (χ4v) is 6.85. The first kappa shape index (κ1) is 35.0. The quantitative estimate of drug-likeness (QED) is 0.0652. The molecule has 1 heterocycles. The van der Waals surface area contributed by atoms with E-state index in [4.69, 9.17) is 0 Å². The first-order valence-corrected chi connectivity index (χ1v) is 18.2. The van der Waals surface area contributed by atoms with Crippen molar-refractivity contribution in [1.82, 2.24) is 0 Å². The van der Waals surface area contributed by atoms with Crippen molar-refractivity contribution >= 4 is 0 Å². The zero-order valence-electron chi connectivity index (χ0n) is 26.5. The fourth-order valence-electron chi connectivity index (χ4n) is 6.85. The van der Waals surface area contributed by atoms with Crippen LogP contribution >= 0.6 is 0 Å². The lowest BCUT2D eigenvalue weighted by Gasteiger charge is -2.34. The topological polar surface area (TPSA) is 0 Å². The lowest BCUT2D eigenvalue weighted by Crippen LogP contribution is -2.46. The van der Waals surface area contributed by atoms with E-state index in [1.54, 1.807) is 0 Å². The highest BCUT2D eigenvalue weighted by molar-refractivity contribution is 4.58. The van der Waals surface area contributed by atoms with E-state index in [9.17, 15) is 0 Å². The molecular formula is C36H74N+. The second kappa shape index (κ2) is 27.5. The third-order valence-electron chi connectivity index (χ3n) is 9.49. The first-order valence-electron chi connectivity index (χ1n) is 18.2. The van der Waals surface area contributed by atoms with Crippen LogP contribution in [0.25, 0.3) is 0 Å². The Morgan fingerprint density at radius 2 is 0.514 bits per heavy atom. The zero-order chi connectivity index (χ0) is 26.5. The number of hydrogen-bond donors (Lipinski definition) is 0. The predicted molar refractivity (Wildman–Crippen MR) is 170 cm³/mol. The van der Waals surface area contributed by atoms with Gasteiger partial charge in [-0.15, -0.1) is 0 Å². The van der Waals surface area contributed by atoms with Crippen molar-refractivity contribution in [3.8, 4) is 0 Å². The molecule has 1 saturated heterocycles. The van der Waals surface area contributed by atoms with Crippen LogP contribution < -0.4 is 0 Å². The Hall–Kier alpha value is -0.0400. The van der Waals surface area contributed by atoms with Crippen LogP contribution in [0.1, 0.15) is 206 Å². The number of quaternary nitrogens is 1. The summed E-state index contributed by atoms with van der Waals surface area (Å²) in [6.45, 7) is 10.6. The van der Waals surface area contributed by atoms with Crippen LogP contribution in [0.3, 0.4) is 0 Å². The Morgan fingerprint density at radius 3 is 0.757 bits per heavy atom. The molecule has 0 N–H and O–H groups in total. The van der Waals surface area contributed by atoms with Crippen molar-refractivity contribution in [1.29, 1.82) is 0 Å². The molecule has 0 saturated carbocycles. The average molecular weight is 521 g/mol. The Bertz CT molecular complexity index is 424. The average Bonchev–Trinajstić information content (AvgIpc) is 3.38. The summed E-state index contributed by atoms with van der Waals surface area (Å²) in [5.74, 6) is 0. The van der Waals surface area contributed by atoms with Crippen LogP contribution in [0, 0.1) is 0 Å². The molecule has 222 valence electrons. The largest absolute Gasteiger partial charge is 0.324 e. The van der Waals surface area contributed by atoms with E-state index >= 15 is 0 Å². The Morgan fingerprint density at radius 1 is 0.297 bits per heavy atom. The molecule has 0 aromatic carbocycles. The van der Waals surface area contributed by atoms with Gasteiger partial charge in [0.05, 0.1) is 26.2 Å². The van der Waals surface area contributed by atoms with Crippen LogP contribution in [-0.2, 0) is 0 Å². The molecule has 0 atom stereocenters. The molecule has 1 nitrogen and oxygen atoms in total. The Kier molecular flexibility index (Phi) is 26.0. The molecule has 1 aliphatic rings. The van der Waals surface area contributed by atoms with E-state index in [0.29, 0.717) is 0 Å². The minimum absolute atomic E-state index is 1.37. The summed E-state index contributed by atoms with van der Waals surface area (Å²) in [5, 5.41) is 0. The number of rotatable bonds is 30. The van der Waals surface area contributed by atoms with Crippen molar-refractivity contribution in [2.75, 3.05) is 26.2 Å². The fraction of sp³-hybridized carbons (Fsp3) is 1.00. The van der Waals surface area contributed by atoms with Crippen LogP contribution in [0.15, 0.2) is 0 Å². The molecule has 1 fully saturated rings. The van der Waals surface area contributed by atoms with Crippen molar-refractivity contribution < 1.29 is 4.48 Å². The molecule has 1 rings (SSSR count). The molecule has 0 aliphatic carbocycles. The molecule has 1 aliphatic heterocycles. The molecule has 0 aromatic rings. The smallest absolute Gasteiger partial charge is 0.0788 e. The molecule has 0 unspecified atom stereocenters. The van der Waals surface area contributed by atoms with E-state index in [-0.39, 0.29) is 0 Å². The van der Waals surface area contributed by atoms with Gasteiger partial charge in [0, 0.05) is 12.8 Å². The minimum Gasteiger partial charge on any atom is -0.324 e. The third kappa shape index (κ3) is 22.5. The SMILES string of the molecule is CCCCCCCCCCCCCCCCC[N+]1(CCCCCCCCCCCCCCC)CCCC1. The van der Waals surface area contributed by atoms with E-state index in [0.717, 1.165) is 0 Å². The molecular weight excluding hydrogens is 446 g/mol. The standard InChI is InChI=1S/C36H74N/c1-3-5-7-9-11-13-15-17-18-20-22-24-26-28-30-34-37(35-31-32-36-37)33-29-27-25-23-21-19-16-14-12-10-8-6-4-2/h3-36H2,1-2H3/q+1. The van der Waals surface area contributed by atoms with Crippen LogP contribution in [0.4, 0.5) is 0 Å². The van der Waals surface area contributed by atoms with Crippen LogP contribution in [0.5, 0.6) is 0 Å². The highest BCUT2D eigenvalue weighted by Gasteiger charge is 2.30. The van der Waals surface area contributed by atoms with Gasteiger partial charge in [-0.3, -0.25) is 0 Å². The number of hydrogen-bond acceptors (Lipinski definition) is 0. The van der Waals surface area contributed by atoms with Crippen molar-refractivity contribution in [2.45, 2.75) is 206 Å². The van der Waals surface area contributed by atoms with E-state index in [2.05, 4.69) is 13.8 Å². The third-order valence-corrected chi connectivity index (χ3v) is 9.49. The maximum atomic E-state index is 2.31. The lowest BCUT2D eigenvalue weighted by atomic mass is 10.0. The molecule has 0 aromatic heterocycles. The summed E-state index contributed by atoms with van der Waals surface area (Å²) >= 11 is 0. The second-order valence-corrected chi connectivity index (χ2v) is 13.1. The monoisotopic (exact) mass is 521 g/mol. The first-order chi connectivity index (χ1) is 18.3. The zero-order valence-corrected chi connectivity index (χ0v) is 26.5. The number of unbranched alkanes of at least 4 members (excludes halogenated alkanes) is 26. The van der Waals surface area contributed by atoms with Gasteiger partial charge in [0.2, 0.25) is 0 Å². The lowest BCUT2D eigenvalue weighted by molar-refractivity contribution is -0.917. The molecule has 1 heteroatoms. The minimum atomic E-state index is 1.37. The normalized spacial score (nSPS) is 15.1. The highest BCUT2D eigenvalue weighted by Crippen LogP contribution is 2.23. The Labute approximate surface area is 236 Å². The summed E-state index contributed by atoms with van der Waals surface area (Å²) in [7, 11) is 0. The van der Waals surface area contributed by atoms with E-state index in [1.807, 2.05) is 0 Å². The van der Waals surface area contributed by atoms with Crippen molar-refractivity contribution in [3.05, 3.63) is 0 Å². The van der Waals surface area contributed by atoms with Gasteiger partial charge < -0.3 is 4.48 Å². The van der Waals surface area contributed by atoms with Gasteiger partial charge in [-0.25, -0.2) is 0 Å². The van der Waals surface area contributed by atoms with Gasteiger partial charge >= 0.3 is 0 Å². The van der Waals surface area contributed by atoms with Crippen LogP contribution in [-0.4, -0.2) is 30.7 Å². The number of nitrogens with zero attached hydrogens (tertiary/aromatic N) is 1. The number of likely N-dealkylation sites (tertiary alicyclic amines) is 1. The summed E-state index contributed by atoms with van der Waals surface area (Å²) in [6, 6.07) is 0. The molecule has 0 amide bonds. The van der Waals surface area contributed by atoms with Gasteiger partial charge in [-0.05, 0) is 25.7 Å². The molecule has 0 spiro atoms. The summed E-state index contributed by atoms with van der Waals surface area (Å²) in [4.78, 5) is 0. The second-order valence-electron chi connectivity index (χ2n) is 13.1. The van der Waals surface area contributed by atoms with Crippen molar-refractivity contribution in [2.24, 2.45) is 0 Å². The summed E-state index contributed by atoms with van der Waals surface area (Å²) in [5.41, 5.74) is 0. The summed E-state index contributed by atoms with van der Waals surface area (Å²) in [6.07, 6.45) is 44.4. The van der Waals surface area contributed by atoms with E-state index in [1.165, 1.54) is 223 Å². The maximum absolute atomic E-state index is 2.31. The van der Waals surface area contributed by atoms with Crippen molar-refractivity contribution in [3.63, 3.8) is 0 Å². The maximum Gasteiger partial charge on any atom is 0.0788 e. The van der Waals surface area contributed by atoms with Gasteiger partial charge in [0.15, 0.2) is 0 Å². The highest BCUT2D eigenvalue weighted by atomic mass is 15.4. The van der Waals surface area contributed by atoms with E-state index < -0.39 is 0 Å². The molecule has 0 radical (unpaired) electrons. The predicted octanol–water partition coefficient (Wildman–Crippen LogP) is 12.6. The van der Waals surface area contributed by atoms with Crippen LogP contribution in [0.2, 0.25) is 0 Å².